The molecule has 5 heteroatoms. The number of hydrogen-bond donors (Lipinski definition) is 2. The third kappa shape index (κ3) is 3.44. The smallest absolute Gasteiger partial charge is 0.308 e. The van der Waals surface area contributed by atoms with Crippen molar-refractivity contribution in [2.75, 3.05) is 5.32 Å². The van der Waals surface area contributed by atoms with Gasteiger partial charge in [0.15, 0.2) is 0 Å². The molecule has 0 aliphatic heterocycles. The molecule has 2 aromatic carbocycles. The van der Waals surface area contributed by atoms with Crippen LogP contribution in [-0.2, 0) is 6.42 Å². The number of urea groups is 1. The molecule has 132 valence electrons. The number of benzene rings is 2. The fraction of sp³-hybridized carbons (Fsp3) is 0.238. The number of rotatable bonds is 3. The van der Waals surface area contributed by atoms with Gasteiger partial charge in [0.2, 0.25) is 0 Å². The minimum absolute atomic E-state index is 0.304. The maximum absolute atomic E-state index is 12.6. The summed E-state index contributed by atoms with van der Waals surface area (Å²) in [5, 5.41) is 16.0. The Hall–Kier alpha value is -2.77. The number of amides is 2. The number of nitriles is 1. The van der Waals surface area contributed by atoms with Gasteiger partial charge in [-0.1, -0.05) is 55.8 Å². The number of allylic oxidation sites excluding steroid dienone is 1. The molecule has 0 saturated carbocycles. The molecule has 1 aliphatic rings. The lowest BCUT2D eigenvalue weighted by molar-refractivity contribution is 0.255. The first-order valence-electron chi connectivity index (χ1n) is 8.53. The molecule has 2 N–H and O–H groups in total. The molecule has 1 atom stereocenters. The number of halogens is 1. The number of nitrogens with one attached hydrogen (secondary N) is 2. The second kappa shape index (κ2) is 7.23. The van der Waals surface area contributed by atoms with Crippen LogP contribution in [0.5, 0.6) is 0 Å². The lowest BCUT2D eigenvalue weighted by Gasteiger charge is -2.35. The minimum Gasteiger partial charge on any atom is -0.308 e. The highest BCUT2D eigenvalue weighted by atomic mass is 35.5. The fourth-order valence-corrected chi connectivity index (χ4v) is 3.52. The van der Waals surface area contributed by atoms with Crippen LogP contribution in [0.2, 0.25) is 5.02 Å². The Labute approximate surface area is 158 Å². The third-order valence-electron chi connectivity index (χ3n) is 4.93. The molecule has 1 aliphatic carbocycles. The summed E-state index contributed by atoms with van der Waals surface area (Å²) >= 11 is 5.96. The Morgan fingerprint density at radius 1 is 1.23 bits per heavy atom. The molecule has 1 unspecified atom stereocenters. The summed E-state index contributed by atoms with van der Waals surface area (Å²) in [5.41, 5.74) is 3.52. The molecular weight excluding hydrogens is 346 g/mol. The molecule has 2 aromatic rings. The van der Waals surface area contributed by atoms with Crippen LogP contribution in [0.3, 0.4) is 0 Å². The van der Waals surface area contributed by atoms with E-state index in [4.69, 9.17) is 11.6 Å². The van der Waals surface area contributed by atoms with Gasteiger partial charge >= 0.3 is 6.03 Å². The molecule has 0 aromatic heterocycles. The van der Waals surface area contributed by atoms with Crippen molar-refractivity contribution in [3.05, 3.63) is 70.3 Å². The summed E-state index contributed by atoms with van der Waals surface area (Å²) < 4.78 is 0. The van der Waals surface area contributed by atoms with Crippen LogP contribution in [0.1, 0.15) is 31.4 Å². The molecule has 0 fully saturated rings. The molecule has 0 spiro atoms. The van der Waals surface area contributed by atoms with Crippen LogP contribution >= 0.6 is 11.6 Å². The predicted octanol–water partition coefficient (Wildman–Crippen LogP) is 5.37. The van der Waals surface area contributed by atoms with Gasteiger partial charge in [-0.05, 0) is 36.6 Å². The molecule has 0 bridgehead atoms. The van der Waals surface area contributed by atoms with Crippen molar-refractivity contribution in [1.29, 1.82) is 5.26 Å². The van der Waals surface area contributed by atoms with Crippen molar-refractivity contribution >= 4 is 29.0 Å². The van der Waals surface area contributed by atoms with E-state index < -0.39 is 6.03 Å². The Morgan fingerprint density at radius 2 is 2.00 bits per heavy atom. The number of nitrogens with zero attached hydrogens (tertiary/aromatic N) is 1. The number of fused-ring (bicyclic) bond motifs is 1. The summed E-state index contributed by atoms with van der Waals surface area (Å²) in [6, 6.07) is 16.8. The van der Waals surface area contributed by atoms with Crippen LogP contribution in [0.4, 0.5) is 10.5 Å². The van der Waals surface area contributed by atoms with E-state index in [0.29, 0.717) is 22.0 Å². The zero-order valence-electron chi connectivity index (χ0n) is 14.8. The van der Waals surface area contributed by atoms with E-state index in [0.717, 1.165) is 24.0 Å². The number of carbonyl (C=O) groups excluding carboxylic acids is 1. The Balaban J connectivity index is 1.97. The molecule has 2 amide bonds. The summed E-state index contributed by atoms with van der Waals surface area (Å²) in [7, 11) is 0. The second-order valence-corrected chi connectivity index (χ2v) is 7.14. The van der Waals surface area contributed by atoms with Crippen molar-refractivity contribution in [2.45, 2.75) is 26.7 Å². The van der Waals surface area contributed by atoms with Crippen molar-refractivity contribution in [3.8, 4) is 6.07 Å². The summed E-state index contributed by atoms with van der Waals surface area (Å²) in [4.78, 5) is 12.6. The predicted molar refractivity (Wildman–Crippen MR) is 105 cm³/mol. The van der Waals surface area contributed by atoms with Gasteiger partial charge in [0, 0.05) is 21.7 Å². The average Bonchev–Trinajstić information content (AvgIpc) is 2.61. The summed E-state index contributed by atoms with van der Waals surface area (Å²) in [6.45, 7) is 4.13. The van der Waals surface area contributed by atoms with Crippen LogP contribution in [0, 0.1) is 16.7 Å². The standard InChI is InChI=1S/C21H20ClN3O/c1-3-21(2)12-14-7-4-5-10-17(14)19(18(21)13-23)25-20(26)24-16-9-6-8-15(22)11-16/h4-11H,3,12H2,1-2H3,(H2,24,25,26). The first kappa shape index (κ1) is 18.0. The van der Waals surface area contributed by atoms with Gasteiger partial charge in [0.05, 0.1) is 17.3 Å². The highest BCUT2D eigenvalue weighted by Gasteiger charge is 2.36. The number of carbonyl (C=O) groups is 1. The molecule has 0 heterocycles. The maximum atomic E-state index is 12.6. The van der Waals surface area contributed by atoms with E-state index in [2.05, 4.69) is 30.6 Å². The molecule has 4 nitrogen and oxygen atoms in total. The third-order valence-corrected chi connectivity index (χ3v) is 5.17. The van der Waals surface area contributed by atoms with E-state index >= 15 is 0 Å². The highest BCUT2D eigenvalue weighted by molar-refractivity contribution is 6.30. The van der Waals surface area contributed by atoms with Gasteiger partial charge < -0.3 is 10.6 Å². The van der Waals surface area contributed by atoms with Crippen molar-refractivity contribution < 1.29 is 4.79 Å². The lowest BCUT2D eigenvalue weighted by atomic mass is 9.69. The maximum Gasteiger partial charge on any atom is 0.323 e. The van der Waals surface area contributed by atoms with E-state index in [1.165, 1.54) is 0 Å². The van der Waals surface area contributed by atoms with Crippen molar-refractivity contribution in [1.82, 2.24) is 5.32 Å². The topological polar surface area (TPSA) is 64.9 Å². The first-order chi connectivity index (χ1) is 12.5. The van der Waals surface area contributed by atoms with Gasteiger partial charge in [-0.3, -0.25) is 0 Å². The second-order valence-electron chi connectivity index (χ2n) is 6.70. The Bertz CT molecular complexity index is 929. The van der Waals surface area contributed by atoms with Gasteiger partial charge in [-0.15, -0.1) is 0 Å². The molecule has 3 rings (SSSR count). The molecule has 26 heavy (non-hydrogen) atoms. The molecular formula is C21H20ClN3O. The average molecular weight is 366 g/mol. The van der Waals surface area contributed by atoms with E-state index in [1.807, 2.05) is 24.3 Å². The van der Waals surface area contributed by atoms with Crippen molar-refractivity contribution in [3.63, 3.8) is 0 Å². The Morgan fingerprint density at radius 3 is 2.69 bits per heavy atom. The monoisotopic (exact) mass is 365 g/mol. The van der Waals surface area contributed by atoms with Crippen molar-refractivity contribution in [2.24, 2.45) is 5.41 Å². The quantitative estimate of drug-likeness (QED) is 0.768. The van der Waals surface area contributed by atoms with Crippen LogP contribution in [0.25, 0.3) is 5.70 Å². The minimum atomic E-state index is -0.398. The largest absolute Gasteiger partial charge is 0.323 e. The van der Waals surface area contributed by atoms with Crippen LogP contribution in [0.15, 0.2) is 54.1 Å². The lowest BCUT2D eigenvalue weighted by Crippen LogP contribution is -2.35. The number of hydrogen-bond acceptors (Lipinski definition) is 2. The van der Waals surface area contributed by atoms with Gasteiger partial charge in [0.1, 0.15) is 0 Å². The van der Waals surface area contributed by atoms with Gasteiger partial charge in [-0.2, -0.15) is 5.26 Å². The zero-order valence-corrected chi connectivity index (χ0v) is 15.5. The van der Waals surface area contributed by atoms with Gasteiger partial charge in [-0.25, -0.2) is 4.79 Å². The first-order valence-corrected chi connectivity index (χ1v) is 8.91. The molecule has 0 saturated heterocycles. The van der Waals surface area contributed by atoms with Gasteiger partial charge in [0.25, 0.3) is 0 Å². The van der Waals surface area contributed by atoms with Crippen LogP contribution < -0.4 is 10.6 Å². The summed E-state index contributed by atoms with van der Waals surface area (Å²) in [6.07, 6.45) is 1.59. The normalized spacial score (nSPS) is 18.7. The van der Waals surface area contributed by atoms with Crippen LogP contribution in [-0.4, -0.2) is 6.03 Å². The fourth-order valence-electron chi connectivity index (χ4n) is 3.33. The van der Waals surface area contributed by atoms with E-state index in [-0.39, 0.29) is 5.41 Å². The zero-order chi connectivity index (χ0) is 18.7. The highest BCUT2D eigenvalue weighted by Crippen LogP contribution is 2.43. The number of anilines is 1. The van der Waals surface area contributed by atoms with E-state index in [9.17, 15) is 10.1 Å². The SMILES string of the molecule is CCC1(C)Cc2ccccc2C(NC(=O)Nc2cccc(Cl)c2)=C1C#N. The van der Waals surface area contributed by atoms with E-state index in [1.54, 1.807) is 24.3 Å². The summed E-state index contributed by atoms with van der Waals surface area (Å²) in [5.74, 6) is 0. The molecule has 0 radical (unpaired) electrons. The Kier molecular flexibility index (Phi) is 5.01.